The minimum Gasteiger partial charge on any atom is -0.493 e. The van der Waals surface area contributed by atoms with Crippen molar-refractivity contribution in [1.82, 2.24) is 4.90 Å². The first-order chi connectivity index (χ1) is 9.72. The van der Waals surface area contributed by atoms with Gasteiger partial charge in [0.05, 0.1) is 13.0 Å². The second-order valence-electron chi connectivity index (χ2n) is 5.72. The molecular weight excluding hydrogens is 254 g/mol. The van der Waals surface area contributed by atoms with Gasteiger partial charge in [0, 0.05) is 19.0 Å². The van der Waals surface area contributed by atoms with E-state index < -0.39 is 5.97 Å². The Bertz CT molecular complexity index is 500. The van der Waals surface area contributed by atoms with Crippen LogP contribution in [0.3, 0.4) is 0 Å². The van der Waals surface area contributed by atoms with E-state index in [1.54, 1.807) is 0 Å². The van der Waals surface area contributed by atoms with Crippen LogP contribution in [-0.2, 0) is 17.6 Å². The molecule has 0 amide bonds. The smallest absolute Gasteiger partial charge is 0.304 e. The second-order valence-corrected chi connectivity index (χ2v) is 5.72. The van der Waals surface area contributed by atoms with Crippen molar-refractivity contribution >= 4 is 5.97 Å². The van der Waals surface area contributed by atoms with Crippen molar-refractivity contribution in [2.45, 2.75) is 38.1 Å². The molecule has 0 bridgehead atoms. The molecule has 0 radical (unpaired) electrons. The van der Waals surface area contributed by atoms with Gasteiger partial charge in [0.1, 0.15) is 5.75 Å². The maximum absolute atomic E-state index is 10.9. The average molecular weight is 275 g/mol. The first kappa shape index (κ1) is 13.4. The lowest BCUT2D eigenvalue weighted by Gasteiger charge is -2.23. The molecule has 0 aliphatic carbocycles. The van der Waals surface area contributed by atoms with Crippen molar-refractivity contribution in [1.29, 1.82) is 0 Å². The molecule has 0 aromatic heterocycles. The van der Waals surface area contributed by atoms with Crippen LogP contribution in [0.15, 0.2) is 18.2 Å². The van der Waals surface area contributed by atoms with Gasteiger partial charge in [-0.15, -0.1) is 0 Å². The van der Waals surface area contributed by atoms with E-state index in [2.05, 4.69) is 23.1 Å². The molecular formula is C16H21NO3. The quantitative estimate of drug-likeness (QED) is 0.894. The van der Waals surface area contributed by atoms with E-state index in [9.17, 15) is 4.79 Å². The number of carboxylic acid groups (broad SMARTS) is 1. The summed E-state index contributed by atoms with van der Waals surface area (Å²) >= 11 is 0. The van der Waals surface area contributed by atoms with Crippen LogP contribution < -0.4 is 4.74 Å². The van der Waals surface area contributed by atoms with E-state index in [0.717, 1.165) is 51.1 Å². The van der Waals surface area contributed by atoms with Gasteiger partial charge in [0.2, 0.25) is 0 Å². The largest absolute Gasteiger partial charge is 0.493 e. The van der Waals surface area contributed by atoms with Gasteiger partial charge in [-0.3, -0.25) is 9.69 Å². The standard InChI is InChI=1S/C16H21NO3/c18-16(19)11-14-2-1-7-17(14)8-5-12-3-4-15-13(10-12)6-9-20-15/h3-4,10,14H,1-2,5-9,11H2,(H,18,19). The van der Waals surface area contributed by atoms with Crippen LogP contribution in [0.25, 0.3) is 0 Å². The minimum absolute atomic E-state index is 0.227. The highest BCUT2D eigenvalue weighted by atomic mass is 16.5. The Kier molecular flexibility index (Phi) is 3.92. The number of hydrogen-bond acceptors (Lipinski definition) is 3. The van der Waals surface area contributed by atoms with Gasteiger partial charge >= 0.3 is 5.97 Å². The summed E-state index contributed by atoms with van der Waals surface area (Å²) in [6, 6.07) is 6.67. The van der Waals surface area contributed by atoms with E-state index in [0.29, 0.717) is 0 Å². The van der Waals surface area contributed by atoms with Gasteiger partial charge in [-0.2, -0.15) is 0 Å². The summed E-state index contributed by atoms with van der Waals surface area (Å²) in [5, 5.41) is 8.94. The Morgan fingerprint density at radius 3 is 3.20 bits per heavy atom. The van der Waals surface area contributed by atoms with Crippen molar-refractivity contribution in [2.24, 2.45) is 0 Å². The van der Waals surface area contributed by atoms with Crippen LogP contribution in [0.4, 0.5) is 0 Å². The summed E-state index contributed by atoms with van der Waals surface area (Å²) < 4.78 is 5.52. The summed E-state index contributed by atoms with van der Waals surface area (Å²) in [5.74, 6) is 0.343. The number of carboxylic acids is 1. The summed E-state index contributed by atoms with van der Waals surface area (Å²) in [5.41, 5.74) is 2.64. The first-order valence-corrected chi connectivity index (χ1v) is 7.43. The molecule has 20 heavy (non-hydrogen) atoms. The molecule has 1 aromatic carbocycles. The summed E-state index contributed by atoms with van der Waals surface area (Å²) in [7, 11) is 0. The molecule has 2 aliphatic heterocycles. The lowest BCUT2D eigenvalue weighted by molar-refractivity contribution is -0.138. The predicted molar refractivity (Wildman–Crippen MR) is 76.2 cm³/mol. The maximum atomic E-state index is 10.9. The minimum atomic E-state index is -0.684. The van der Waals surface area contributed by atoms with Crippen molar-refractivity contribution in [3.05, 3.63) is 29.3 Å². The Balaban J connectivity index is 1.57. The number of hydrogen-bond donors (Lipinski definition) is 1. The van der Waals surface area contributed by atoms with Crippen LogP contribution in [0, 0.1) is 0 Å². The SMILES string of the molecule is O=C(O)CC1CCCN1CCc1ccc2c(c1)CCO2. The summed E-state index contributed by atoms with van der Waals surface area (Å²) in [6.07, 6.45) is 4.41. The zero-order valence-corrected chi connectivity index (χ0v) is 11.7. The van der Waals surface area contributed by atoms with E-state index in [-0.39, 0.29) is 12.5 Å². The number of nitrogens with zero attached hydrogens (tertiary/aromatic N) is 1. The zero-order valence-electron chi connectivity index (χ0n) is 11.7. The Morgan fingerprint density at radius 2 is 2.35 bits per heavy atom. The highest BCUT2D eigenvalue weighted by Crippen LogP contribution is 2.26. The van der Waals surface area contributed by atoms with Gasteiger partial charge in [-0.05, 0) is 43.0 Å². The molecule has 1 fully saturated rings. The van der Waals surface area contributed by atoms with Gasteiger partial charge in [-0.25, -0.2) is 0 Å². The highest BCUT2D eigenvalue weighted by Gasteiger charge is 2.26. The molecule has 4 heteroatoms. The van der Waals surface area contributed by atoms with Crippen LogP contribution in [-0.4, -0.2) is 41.7 Å². The predicted octanol–water partition coefficient (Wildman–Crippen LogP) is 2.10. The van der Waals surface area contributed by atoms with Crippen LogP contribution in [0.1, 0.15) is 30.4 Å². The van der Waals surface area contributed by atoms with E-state index in [1.807, 2.05) is 0 Å². The Labute approximate surface area is 119 Å². The van der Waals surface area contributed by atoms with E-state index >= 15 is 0 Å². The van der Waals surface area contributed by atoms with E-state index in [4.69, 9.17) is 9.84 Å². The number of rotatable bonds is 5. The fourth-order valence-corrected chi connectivity index (χ4v) is 3.29. The molecule has 1 unspecified atom stereocenters. The molecule has 1 aromatic rings. The Morgan fingerprint density at radius 1 is 1.45 bits per heavy atom. The van der Waals surface area contributed by atoms with Gasteiger partial charge in [0.25, 0.3) is 0 Å². The third kappa shape index (κ3) is 2.96. The maximum Gasteiger partial charge on any atom is 0.304 e. The number of likely N-dealkylation sites (tertiary alicyclic amines) is 1. The molecule has 1 atom stereocenters. The lowest BCUT2D eigenvalue weighted by atomic mass is 10.1. The fraction of sp³-hybridized carbons (Fsp3) is 0.562. The van der Waals surface area contributed by atoms with Gasteiger partial charge in [0.15, 0.2) is 0 Å². The summed E-state index contributed by atoms with van der Waals surface area (Å²) in [6.45, 7) is 2.79. The van der Waals surface area contributed by atoms with Gasteiger partial charge in [-0.1, -0.05) is 12.1 Å². The number of fused-ring (bicyclic) bond motifs is 1. The van der Waals surface area contributed by atoms with Crippen molar-refractivity contribution in [3.63, 3.8) is 0 Å². The first-order valence-electron chi connectivity index (χ1n) is 7.43. The highest BCUT2D eigenvalue weighted by molar-refractivity contribution is 5.67. The van der Waals surface area contributed by atoms with Crippen LogP contribution in [0.5, 0.6) is 5.75 Å². The average Bonchev–Trinajstić information content (AvgIpc) is 3.03. The number of aliphatic carboxylic acids is 1. The number of benzene rings is 1. The molecule has 108 valence electrons. The summed E-state index contributed by atoms with van der Waals surface area (Å²) in [4.78, 5) is 13.2. The monoisotopic (exact) mass is 275 g/mol. The fourth-order valence-electron chi connectivity index (χ4n) is 3.29. The normalized spacial score (nSPS) is 21.7. The van der Waals surface area contributed by atoms with Crippen molar-refractivity contribution in [3.8, 4) is 5.75 Å². The molecule has 1 N–H and O–H groups in total. The molecule has 1 saturated heterocycles. The molecule has 2 aliphatic rings. The van der Waals surface area contributed by atoms with E-state index in [1.165, 1.54) is 11.1 Å². The number of ether oxygens (including phenoxy) is 1. The third-order valence-corrected chi connectivity index (χ3v) is 4.35. The molecule has 0 saturated carbocycles. The van der Waals surface area contributed by atoms with Crippen LogP contribution >= 0.6 is 0 Å². The molecule has 2 heterocycles. The van der Waals surface area contributed by atoms with Crippen LogP contribution in [0.2, 0.25) is 0 Å². The molecule has 4 nitrogen and oxygen atoms in total. The lowest BCUT2D eigenvalue weighted by Crippen LogP contribution is -2.33. The zero-order chi connectivity index (χ0) is 13.9. The topological polar surface area (TPSA) is 49.8 Å². The molecule has 3 rings (SSSR count). The Hall–Kier alpha value is -1.55. The van der Waals surface area contributed by atoms with Crippen molar-refractivity contribution in [2.75, 3.05) is 19.7 Å². The second kappa shape index (κ2) is 5.83. The van der Waals surface area contributed by atoms with Crippen molar-refractivity contribution < 1.29 is 14.6 Å². The number of carbonyl (C=O) groups is 1. The van der Waals surface area contributed by atoms with Gasteiger partial charge < -0.3 is 9.84 Å². The third-order valence-electron chi connectivity index (χ3n) is 4.35. The molecule has 0 spiro atoms.